The van der Waals surface area contributed by atoms with Crippen LogP contribution in [0.4, 0.5) is 5.00 Å². The fourth-order valence-electron chi connectivity index (χ4n) is 1.93. The highest BCUT2D eigenvalue weighted by Gasteiger charge is 2.17. The van der Waals surface area contributed by atoms with E-state index < -0.39 is 0 Å². The van der Waals surface area contributed by atoms with Gasteiger partial charge in [-0.2, -0.15) is 0 Å². The second kappa shape index (κ2) is 7.61. The molecule has 2 rings (SSSR count). The Labute approximate surface area is 146 Å². The summed E-state index contributed by atoms with van der Waals surface area (Å²) in [5, 5.41) is 3.38. The van der Waals surface area contributed by atoms with Crippen LogP contribution >= 0.6 is 27.3 Å². The fourth-order valence-corrected chi connectivity index (χ4v) is 3.32. The van der Waals surface area contributed by atoms with Gasteiger partial charge in [0.15, 0.2) is 0 Å². The first-order valence-electron chi connectivity index (χ1n) is 6.88. The zero-order valence-electron chi connectivity index (χ0n) is 12.9. The van der Waals surface area contributed by atoms with Crippen LogP contribution in [-0.2, 0) is 4.74 Å². The molecule has 23 heavy (non-hydrogen) atoms. The Bertz CT molecular complexity index is 742. The maximum Gasteiger partial charge on any atom is 0.348 e. The number of carbonyl (C=O) groups is 2. The van der Waals surface area contributed by atoms with E-state index in [0.29, 0.717) is 32.3 Å². The third-order valence-corrected chi connectivity index (χ3v) is 4.86. The Morgan fingerprint density at radius 1 is 1.30 bits per heavy atom. The first kappa shape index (κ1) is 17.5. The van der Waals surface area contributed by atoms with Crippen molar-refractivity contribution in [3.8, 4) is 5.75 Å². The van der Waals surface area contributed by atoms with E-state index in [4.69, 9.17) is 9.47 Å². The first-order valence-corrected chi connectivity index (χ1v) is 8.49. The lowest BCUT2D eigenvalue weighted by Gasteiger charge is -2.07. The van der Waals surface area contributed by atoms with Crippen LogP contribution < -0.4 is 10.1 Å². The molecule has 0 saturated carbocycles. The van der Waals surface area contributed by atoms with Crippen molar-refractivity contribution in [1.29, 1.82) is 0 Å². The lowest BCUT2D eigenvalue weighted by Crippen LogP contribution is -2.11. The number of thiophene rings is 1. The molecule has 0 bridgehead atoms. The molecule has 0 spiro atoms. The van der Waals surface area contributed by atoms with Gasteiger partial charge < -0.3 is 14.8 Å². The minimum absolute atomic E-state index is 0.285. The number of rotatable bonds is 5. The quantitative estimate of drug-likeness (QED) is 0.765. The standard InChI is InChI=1S/C16H16BrNO4S/c1-4-22-16(20)14-9(2)7-13(23-14)18-15(19)11-8-10(21-3)5-6-12(11)17/h5-8H,4H2,1-3H3,(H,18,19). The largest absolute Gasteiger partial charge is 0.497 e. The van der Waals surface area contributed by atoms with E-state index in [-0.39, 0.29) is 11.9 Å². The van der Waals surface area contributed by atoms with E-state index in [1.165, 1.54) is 11.3 Å². The van der Waals surface area contributed by atoms with E-state index >= 15 is 0 Å². The summed E-state index contributed by atoms with van der Waals surface area (Å²) >= 11 is 4.54. The summed E-state index contributed by atoms with van der Waals surface area (Å²) < 4.78 is 10.8. The minimum Gasteiger partial charge on any atom is -0.497 e. The van der Waals surface area contributed by atoms with Crippen LogP contribution in [-0.4, -0.2) is 25.6 Å². The molecule has 5 nitrogen and oxygen atoms in total. The van der Waals surface area contributed by atoms with Gasteiger partial charge in [0.1, 0.15) is 10.6 Å². The maximum absolute atomic E-state index is 12.4. The number of carbonyl (C=O) groups excluding carboxylic acids is 2. The molecule has 0 aliphatic rings. The van der Waals surface area contributed by atoms with Crippen LogP contribution in [0.3, 0.4) is 0 Å². The van der Waals surface area contributed by atoms with Crippen molar-refractivity contribution in [3.05, 3.63) is 44.7 Å². The van der Waals surface area contributed by atoms with E-state index in [1.54, 1.807) is 45.2 Å². The number of halogens is 1. The van der Waals surface area contributed by atoms with Crippen molar-refractivity contribution in [3.63, 3.8) is 0 Å². The number of ether oxygens (including phenoxy) is 2. The average molecular weight is 398 g/mol. The molecule has 7 heteroatoms. The summed E-state index contributed by atoms with van der Waals surface area (Å²) in [5.41, 5.74) is 1.22. The SMILES string of the molecule is CCOC(=O)c1sc(NC(=O)c2cc(OC)ccc2Br)cc1C. The molecule has 0 aliphatic carbocycles. The van der Waals surface area contributed by atoms with Crippen LogP contribution in [0, 0.1) is 6.92 Å². The van der Waals surface area contributed by atoms with Crippen molar-refractivity contribution in [2.24, 2.45) is 0 Å². The van der Waals surface area contributed by atoms with Crippen LogP contribution in [0.5, 0.6) is 5.75 Å². The lowest BCUT2D eigenvalue weighted by molar-refractivity contribution is 0.0531. The molecule has 1 aromatic carbocycles. The number of amides is 1. The van der Waals surface area contributed by atoms with Crippen LogP contribution in [0.2, 0.25) is 0 Å². The predicted octanol–water partition coefficient (Wildman–Crippen LogP) is 4.26. The zero-order chi connectivity index (χ0) is 17.0. The molecular formula is C16H16BrNO4S. The van der Waals surface area contributed by atoms with Crippen molar-refractivity contribution in [2.75, 3.05) is 19.0 Å². The Hall–Kier alpha value is -1.86. The Kier molecular flexibility index (Phi) is 5.79. The Morgan fingerprint density at radius 3 is 2.70 bits per heavy atom. The average Bonchev–Trinajstić information content (AvgIpc) is 2.88. The molecule has 1 aromatic heterocycles. The normalized spacial score (nSPS) is 10.3. The second-order valence-corrected chi connectivity index (χ2v) is 6.55. The third kappa shape index (κ3) is 4.11. The molecule has 2 aromatic rings. The fraction of sp³-hybridized carbons (Fsp3) is 0.250. The number of nitrogens with one attached hydrogen (secondary N) is 1. The topological polar surface area (TPSA) is 64.6 Å². The summed E-state index contributed by atoms with van der Waals surface area (Å²) in [4.78, 5) is 24.7. The highest BCUT2D eigenvalue weighted by atomic mass is 79.9. The van der Waals surface area contributed by atoms with Crippen molar-refractivity contribution in [1.82, 2.24) is 0 Å². The summed E-state index contributed by atoms with van der Waals surface area (Å²) in [5.74, 6) is -0.0709. The van der Waals surface area contributed by atoms with Crippen LogP contribution in [0.1, 0.15) is 32.5 Å². The van der Waals surface area contributed by atoms with Crippen LogP contribution in [0.15, 0.2) is 28.7 Å². The van der Waals surface area contributed by atoms with E-state index in [1.807, 2.05) is 0 Å². The van der Waals surface area contributed by atoms with Gasteiger partial charge >= 0.3 is 5.97 Å². The molecule has 1 N–H and O–H groups in total. The Morgan fingerprint density at radius 2 is 2.04 bits per heavy atom. The molecule has 1 amide bonds. The number of hydrogen-bond donors (Lipinski definition) is 1. The number of methoxy groups -OCH3 is 1. The van der Waals surface area contributed by atoms with Gasteiger partial charge in [-0.25, -0.2) is 4.79 Å². The lowest BCUT2D eigenvalue weighted by atomic mass is 10.2. The van der Waals surface area contributed by atoms with E-state index in [2.05, 4.69) is 21.2 Å². The van der Waals surface area contributed by atoms with Gasteiger partial charge in [0.2, 0.25) is 0 Å². The smallest absolute Gasteiger partial charge is 0.348 e. The number of anilines is 1. The number of aryl methyl sites for hydroxylation is 1. The molecular weight excluding hydrogens is 382 g/mol. The molecule has 122 valence electrons. The summed E-state index contributed by atoms with van der Waals surface area (Å²) in [7, 11) is 1.54. The molecule has 0 aliphatic heterocycles. The third-order valence-electron chi connectivity index (χ3n) is 3.03. The van der Waals surface area contributed by atoms with Gasteiger partial charge in [0.25, 0.3) is 5.91 Å². The number of hydrogen-bond acceptors (Lipinski definition) is 5. The van der Waals surface area contributed by atoms with E-state index in [9.17, 15) is 9.59 Å². The summed E-state index contributed by atoms with van der Waals surface area (Å²) in [6.07, 6.45) is 0. The van der Waals surface area contributed by atoms with E-state index in [0.717, 1.165) is 5.56 Å². The maximum atomic E-state index is 12.4. The molecule has 0 fully saturated rings. The monoisotopic (exact) mass is 397 g/mol. The highest BCUT2D eigenvalue weighted by molar-refractivity contribution is 9.10. The van der Waals surface area contributed by atoms with Crippen molar-refractivity contribution >= 4 is 44.1 Å². The summed E-state index contributed by atoms with van der Waals surface area (Å²) in [6.45, 7) is 3.87. The van der Waals surface area contributed by atoms with Crippen molar-refractivity contribution < 1.29 is 19.1 Å². The van der Waals surface area contributed by atoms with Gasteiger partial charge in [0, 0.05) is 4.47 Å². The molecule has 0 atom stereocenters. The highest BCUT2D eigenvalue weighted by Crippen LogP contribution is 2.29. The predicted molar refractivity (Wildman–Crippen MR) is 93.7 cm³/mol. The second-order valence-electron chi connectivity index (χ2n) is 4.64. The molecule has 0 unspecified atom stereocenters. The van der Waals surface area contributed by atoms with Gasteiger partial charge in [-0.3, -0.25) is 4.79 Å². The molecule has 1 heterocycles. The van der Waals surface area contributed by atoms with Crippen LogP contribution in [0.25, 0.3) is 0 Å². The van der Waals surface area contributed by atoms with Gasteiger partial charge in [-0.05, 0) is 59.6 Å². The first-order chi connectivity index (χ1) is 11.0. The summed E-state index contributed by atoms with van der Waals surface area (Å²) in [6, 6.07) is 6.90. The molecule has 0 radical (unpaired) electrons. The minimum atomic E-state index is -0.377. The van der Waals surface area contributed by atoms with Gasteiger partial charge in [-0.1, -0.05) is 0 Å². The zero-order valence-corrected chi connectivity index (χ0v) is 15.3. The van der Waals surface area contributed by atoms with Crippen molar-refractivity contribution in [2.45, 2.75) is 13.8 Å². The number of esters is 1. The Balaban J connectivity index is 2.21. The number of benzene rings is 1. The molecule has 0 saturated heterocycles. The van der Waals surface area contributed by atoms with Gasteiger partial charge in [0.05, 0.1) is 24.3 Å². The van der Waals surface area contributed by atoms with Gasteiger partial charge in [-0.15, -0.1) is 11.3 Å².